The minimum absolute atomic E-state index is 0.507. The van der Waals surface area contributed by atoms with Gasteiger partial charge in [-0.15, -0.1) is 11.3 Å². The van der Waals surface area contributed by atoms with Crippen molar-refractivity contribution >= 4 is 54.9 Å². The maximum Gasteiger partial charge on any atom is 0.231 e. The van der Waals surface area contributed by atoms with Gasteiger partial charge in [-0.1, -0.05) is 0 Å². The summed E-state index contributed by atoms with van der Waals surface area (Å²) in [5, 5.41) is 0.595. The van der Waals surface area contributed by atoms with Gasteiger partial charge in [0.15, 0.2) is 9.50 Å². The molecule has 0 saturated heterocycles. The maximum atomic E-state index is 5.77. The first-order valence-electron chi connectivity index (χ1n) is 5.56. The van der Waals surface area contributed by atoms with Crippen LogP contribution in [0.5, 0.6) is 5.88 Å². The third-order valence-electron chi connectivity index (χ3n) is 2.45. The Morgan fingerprint density at radius 2 is 2.20 bits per heavy atom. The fourth-order valence-electron chi connectivity index (χ4n) is 1.57. The number of nitrogens with two attached hydrogens (primary N) is 1. The molecule has 0 atom stereocenters. The van der Waals surface area contributed by atoms with E-state index in [1.54, 1.807) is 24.6 Å². The molecule has 2 N–H and O–H groups in total. The Hall–Kier alpha value is -1.38. The average molecular weight is 369 g/mol. The maximum absolute atomic E-state index is 5.77. The monoisotopic (exact) mass is 368 g/mol. The summed E-state index contributed by atoms with van der Waals surface area (Å²) in [6.07, 6.45) is 1.67. The molecule has 8 heteroatoms. The van der Waals surface area contributed by atoms with Crippen LogP contribution in [0.4, 0.5) is 5.69 Å². The smallest absolute Gasteiger partial charge is 0.231 e. The van der Waals surface area contributed by atoms with Gasteiger partial charge in [0.25, 0.3) is 0 Å². The Bertz CT molecular complexity index is 777. The van der Waals surface area contributed by atoms with Gasteiger partial charge in [-0.05, 0) is 45.9 Å². The number of halogens is 1. The lowest BCUT2D eigenvalue weighted by atomic mass is 10.3. The SMILES string of the molecule is COc1nc(Sc2nc3ccc(N)cc3s2)ncc1Br. The summed E-state index contributed by atoms with van der Waals surface area (Å²) in [5.41, 5.74) is 7.43. The van der Waals surface area contributed by atoms with E-state index in [-0.39, 0.29) is 0 Å². The van der Waals surface area contributed by atoms with E-state index in [4.69, 9.17) is 10.5 Å². The second kappa shape index (κ2) is 5.55. The molecule has 3 aromatic rings. The topological polar surface area (TPSA) is 73.9 Å². The van der Waals surface area contributed by atoms with E-state index in [2.05, 4.69) is 30.9 Å². The zero-order chi connectivity index (χ0) is 14.1. The highest BCUT2D eigenvalue weighted by molar-refractivity contribution is 9.10. The third-order valence-corrected chi connectivity index (χ3v) is 4.96. The zero-order valence-electron chi connectivity index (χ0n) is 10.3. The van der Waals surface area contributed by atoms with Gasteiger partial charge in [-0.2, -0.15) is 4.98 Å². The summed E-state index contributed by atoms with van der Waals surface area (Å²) in [6, 6.07) is 5.67. The van der Waals surface area contributed by atoms with E-state index in [1.807, 2.05) is 18.2 Å². The molecule has 0 aliphatic heterocycles. The third kappa shape index (κ3) is 2.72. The number of nitrogen functional groups attached to an aromatic ring is 1. The molecule has 0 radical (unpaired) electrons. The largest absolute Gasteiger partial charge is 0.480 e. The fraction of sp³-hybridized carbons (Fsp3) is 0.0833. The molecule has 0 aliphatic rings. The van der Waals surface area contributed by atoms with Crippen molar-refractivity contribution < 1.29 is 4.74 Å². The molecule has 102 valence electrons. The summed E-state index contributed by atoms with van der Waals surface area (Å²) in [4.78, 5) is 13.1. The predicted molar refractivity (Wildman–Crippen MR) is 84.4 cm³/mol. The van der Waals surface area contributed by atoms with Gasteiger partial charge in [-0.3, -0.25) is 0 Å². The summed E-state index contributed by atoms with van der Waals surface area (Å²) in [6.45, 7) is 0. The second-order valence-corrected chi connectivity index (χ2v) is 6.92. The van der Waals surface area contributed by atoms with Gasteiger partial charge in [0, 0.05) is 11.9 Å². The Labute approximate surface area is 131 Å². The molecule has 0 unspecified atom stereocenters. The van der Waals surface area contributed by atoms with E-state index in [0.717, 1.165) is 24.7 Å². The van der Waals surface area contributed by atoms with Crippen molar-refractivity contribution in [3.63, 3.8) is 0 Å². The lowest BCUT2D eigenvalue weighted by molar-refractivity contribution is 0.389. The van der Waals surface area contributed by atoms with E-state index in [9.17, 15) is 0 Å². The molecule has 2 aromatic heterocycles. The summed E-state index contributed by atoms with van der Waals surface area (Å²) < 4.78 is 7.80. The minimum Gasteiger partial charge on any atom is -0.480 e. The molecule has 0 fully saturated rings. The number of anilines is 1. The number of ether oxygens (including phenoxy) is 1. The molecular formula is C12H9BrN4OS2. The van der Waals surface area contributed by atoms with Gasteiger partial charge in [0.05, 0.1) is 21.8 Å². The number of fused-ring (bicyclic) bond motifs is 1. The van der Waals surface area contributed by atoms with Crippen molar-refractivity contribution in [3.05, 3.63) is 28.9 Å². The second-order valence-electron chi connectivity index (χ2n) is 3.82. The zero-order valence-corrected chi connectivity index (χ0v) is 13.6. The van der Waals surface area contributed by atoms with Gasteiger partial charge in [0.2, 0.25) is 5.88 Å². The molecule has 0 amide bonds. The summed E-state index contributed by atoms with van der Waals surface area (Å²) >= 11 is 6.29. The van der Waals surface area contributed by atoms with Crippen molar-refractivity contribution in [2.75, 3.05) is 12.8 Å². The predicted octanol–water partition coefficient (Wildman–Crippen LogP) is 3.59. The van der Waals surface area contributed by atoms with Crippen LogP contribution in [0, 0.1) is 0 Å². The number of thiazole rings is 1. The van der Waals surface area contributed by atoms with Crippen LogP contribution in [-0.2, 0) is 0 Å². The number of aromatic nitrogens is 3. The van der Waals surface area contributed by atoms with E-state index < -0.39 is 0 Å². The Kier molecular flexibility index (Phi) is 3.77. The van der Waals surface area contributed by atoms with Gasteiger partial charge < -0.3 is 10.5 Å². The highest BCUT2D eigenvalue weighted by atomic mass is 79.9. The van der Waals surface area contributed by atoms with Crippen LogP contribution in [0.15, 0.2) is 38.4 Å². The standard InChI is InChI=1S/C12H9BrN4OS2/c1-18-10-7(13)5-15-11(17-10)20-12-16-8-3-2-6(14)4-9(8)19-12/h2-5H,14H2,1H3. The number of rotatable bonds is 3. The summed E-state index contributed by atoms with van der Waals surface area (Å²) in [5.74, 6) is 0.507. The first-order chi connectivity index (χ1) is 9.65. The number of nitrogens with zero attached hydrogens (tertiary/aromatic N) is 3. The molecule has 0 saturated carbocycles. The number of benzene rings is 1. The Balaban J connectivity index is 1.92. The molecule has 20 heavy (non-hydrogen) atoms. The fourth-order valence-corrected chi connectivity index (χ4v) is 3.86. The van der Waals surface area contributed by atoms with Crippen LogP contribution in [-0.4, -0.2) is 22.1 Å². The van der Waals surface area contributed by atoms with Gasteiger partial charge in [0.1, 0.15) is 0 Å². The molecule has 1 aromatic carbocycles. The van der Waals surface area contributed by atoms with Crippen LogP contribution in [0.25, 0.3) is 10.2 Å². The van der Waals surface area contributed by atoms with Crippen LogP contribution in [0.2, 0.25) is 0 Å². The molecule has 3 rings (SSSR count). The molecule has 5 nitrogen and oxygen atoms in total. The van der Waals surface area contributed by atoms with Crippen LogP contribution >= 0.6 is 39.0 Å². The van der Waals surface area contributed by atoms with Crippen molar-refractivity contribution in [1.82, 2.24) is 15.0 Å². The van der Waals surface area contributed by atoms with E-state index >= 15 is 0 Å². The van der Waals surface area contributed by atoms with Gasteiger partial charge in [-0.25, -0.2) is 9.97 Å². The van der Waals surface area contributed by atoms with E-state index in [1.165, 1.54) is 11.8 Å². The molecular weight excluding hydrogens is 360 g/mol. The minimum atomic E-state index is 0.507. The molecule has 0 bridgehead atoms. The van der Waals surface area contributed by atoms with Crippen LogP contribution in [0.1, 0.15) is 0 Å². The Morgan fingerprint density at radius 3 is 3.00 bits per heavy atom. The Morgan fingerprint density at radius 1 is 1.35 bits per heavy atom. The van der Waals surface area contributed by atoms with Crippen LogP contribution in [0.3, 0.4) is 0 Å². The quantitative estimate of drug-likeness (QED) is 0.562. The normalized spacial score (nSPS) is 10.9. The molecule has 0 spiro atoms. The van der Waals surface area contributed by atoms with Crippen molar-refractivity contribution in [3.8, 4) is 5.88 Å². The number of hydrogen-bond acceptors (Lipinski definition) is 7. The lowest BCUT2D eigenvalue weighted by Gasteiger charge is -2.02. The highest BCUT2D eigenvalue weighted by Crippen LogP contribution is 2.34. The summed E-state index contributed by atoms with van der Waals surface area (Å²) in [7, 11) is 1.57. The number of hydrogen-bond donors (Lipinski definition) is 1. The van der Waals surface area contributed by atoms with Crippen molar-refractivity contribution in [2.24, 2.45) is 0 Å². The van der Waals surface area contributed by atoms with Crippen molar-refractivity contribution in [2.45, 2.75) is 9.50 Å². The van der Waals surface area contributed by atoms with Gasteiger partial charge >= 0.3 is 0 Å². The lowest BCUT2D eigenvalue weighted by Crippen LogP contribution is -1.92. The molecule has 0 aliphatic carbocycles. The highest BCUT2D eigenvalue weighted by Gasteiger charge is 2.10. The van der Waals surface area contributed by atoms with Crippen molar-refractivity contribution in [1.29, 1.82) is 0 Å². The van der Waals surface area contributed by atoms with E-state index in [0.29, 0.717) is 11.0 Å². The van der Waals surface area contributed by atoms with Crippen LogP contribution < -0.4 is 10.5 Å². The average Bonchev–Trinajstić information content (AvgIpc) is 2.82. The first kappa shape index (κ1) is 13.6. The molecule has 2 heterocycles. The number of methoxy groups -OCH3 is 1. The first-order valence-corrected chi connectivity index (χ1v) is 7.99.